The van der Waals surface area contributed by atoms with Gasteiger partial charge in [-0.15, -0.1) is 0 Å². The number of esters is 1. The second kappa shape index (κ2) is 11.2. The number of rotatable bonds is 10. The first-order chi connectivity index (χ1) is 18.8. The zero-order valence-electron chi connectivity index (χ0n) is 23.0. The van der Waals surface area contributed by atoms with Gasteiger partial charge < -0.3 is 23.9 Å². The molecule has 5 rings (SSSR count). The molecule has 2 aliphatic carbocycles. The highest BCUT2D eigenvalue weighted by Crippen LogP contribution is 2.50. The van der Waals surface area contributed by atoms with Crippen molar-refractivity contribution >= 4 is 5.97 Å². The van der Waals surface area contributed by atoms with E-state index in [4.69, 9.17) is 19.2 Å². The number of carbonyl (C=O) groups excluding carboxylic acids is 1. The van der Waals surface area contributed by atoms with Gasteiger partial charge in [0, 0.05) is 31.6 Å². The summed E-state index contributed by atoms with van der Waals surface area (Å²) >= 11 is 0. The molecule has 39 heavy (non-hydrogen) atoms. The highest BCUT2D eigenvalue weighted by Gasteiger charge is 2.39. The molecule has 1 atom stereocenters. The van der Waals surface area contributed by atoms with Crippen LogP contribution in [0.25, 0.3) is 11.4 Å². The molecule has 3 aromatic rings. The number of ether oxygens (including phenoxy) is 3. The van der Waals surface area contributed by atoms with Crippen molar-refractivity contribution in [1.29, 1.82) is 0 Å². The van der Waals surface area contributed by atoms with Crippen LogP contribution < -0.4 is 10.3 Å². The zero-order valence-corrected chi connectivity index (χ0v) is 23.0. The van der Waals surface area contributed by atoms with Gasteiger partial charge in [0.25, 0.3) is 5.56 Å². The Balaban J connectivity index is 1.76. The fourth-order valence-corrected chi connectivity index (χ4v) is 5.51. The Morgan fingerprint density at radius 3 is 2.54 bits per heavy atom. The van der Waals surface area contributed by atoms with Crippen LogP contribution in [0, 0.1) is 5.92 Å². The molecular weight excluding hydrogens is 496 g/mol. The van der Waals surface area contributed by atoms with Gasteiger partial charge in [-0.3, -0.25) is 4.79 Å². The summed E-state index contributed by atoms with van der Waals surface area (Å²) in [6.07, 6.45) is 3.44. The molecule has 0 aliphatic heterocycles. The first-order valence-corrected chi connectivity index (χ1v) is 13.6. The topological polar surface area (TPSA) is 99.9 Å². The van der Waals surface area contributed by atoms with Gasteiger partial charge in [0.2, 0.25) is 0 Å². The maximum atomic E-state index is 13.9. The minimum Gasteiger partial charge on any atom is -0.506 e. The smallest absolute Gasteiger partial charge is 0.347 e. The lowest BCUT2D eigenvalue weighted by molar-refractivity contribution is 0.0594. The summed E-state index contributed by atoms with van der Waals surface area (Å²) in [7, 11) is 2.89. The van der Waals surface area contributed by atoms with Gasteiger partial charge in [0.1, 0.15) is 11.5 Å². The van der Waals surface area contributed by atoms with Gasteiger partial charge in [-0.2, -0.15) is 0 Å². The first kappa shape index (κ1) is 26.9. The Bertz CT molecular complexity index is 1430. The molecule has 1 N–H and O–H groups in total. The molecule has 0 spiro atoms. The normalized spacial score (nSPS) is 16.1. The molecule has 2 heterocycles. The molecule has 1 saturated carbocycles. The Hall–Kier alpha value is -3.65. The molecule has 1 fully saturated rings. The van der Waals surface area contributed by atoms with Crippen molar-refractivity contribution in [2.75, 3.05) is 27.4 Å². The van der Waals surface area contributed by atoms with Gasteiger partial charge in [-0.25, -0.2) is 9.78 Å². The molecule has 8 heteroatoms. The molecular formula is C31H36N2O6. The first-order valence-electron chi connectivity index (χ1n) is 13.6. The van der Waals surface area contributed by atoms with E-state index in [1.807, 2.05) is 30.3 Å². The standard InChI is InChI=1S/C31H36N2O6/c1-18(2)22-15-21-16-23(39-14-8-13-37-3)26(20-11-12-20)32-27(21)28-24(22)29(34)25(31(36)38-4)30(35)33(28)17-19-9-6-5-7-10-19/h5-7,9-10,16,18,20,22,34H,8,11-15,17H2,1-4H3. The van der Waals surface area contributed by atoms with E-state index >= 15 is 0 Å². The van der Waals surface area contributed by atoms with Gasteiger partial charge in [-0.05, 0) is 48.3 Å². The van der Waals surface area contributed by atoms with Crippen LogP contribution in [0.1, 0.15) is 77.7 Å². The number of fused-ring (bicyclic) bond motifs is 3. The number of methoxy groups -OCH3 is 2. The van der Waals surface area contributed by atoms with Crippen LogP contribution in [0.2, 0.25) is 0 Å². The minimum absolute atomic E-state index is 0.116. The van der Waals surface area contributed by atoms with Crippen molar-refractivity contribution in [3.05, 3.63) is 74.7 Å². The molecule has 0 saturated heterocycles. The van der Waals surface area contributed by atoms with Crippen LogP contribution in [-0.2, 0) is 22.4 Å². The van der Waals surface area contributed by atoms with Crippen molar-refractivity contribution in [2.45, 2.75) is 57.9 Å². The van der Waals surface area contributed by atoms with Gasteiger partial charge in [-0.1, -0.05) is 44.2 Å². The van der Waals surface area contributed by atoms with Crippen LogP contribution in [0.15, 0.2) is 41.2 Å². The second-order valence-corrected chi connectivity index (χ2v) is 10.8. The maximum Gasteiger partial charge on any atom is 0.347 e. The van der Waals surface area contributed by atoms with Crippen molar-refractivity contribution in [3.8, 4) is 22.9 Å². The SMILES string of the molecule is COCCCOc1cc2c(nc1C1CC1)-c1c(c(O)c(C(=O)OC)c(=O)n1Cc1ccccc1)C(C(C)C)C2. The molecule has 206 valence electrons. The average molecular weight is 533 g/mol. The van der Waals surface area contributed by atoms with E-state index in [9.17, 15) is 14.7 Å². The molecule has 0 radical (unpaired) electrons. The van der Waals surface area contributed by atoms with E-state index in [0.29, 0.717) is 42.5 Å². The molecule has 0 amide bonds. The third-order valence-corrected chi connectivity index (χ3v) is 7.70. The van der Waals surface area contributed by atoms with Crippen molar-refractivity contribution in [2.24, 2.45) is 5.92 Å². The number of hydrogen-bond acceptors (Lipinski definition) is 7. The molecule has 1 unspecified atom stereocenters. The van der Waals surface area contributed by atoms with Gasteiger partial charge in [0.15, 0.2) is 5.56 Å². The van der Waals surface area contributed by atoms with Crippen molar-refractivity contribution < 1.29 is 24.1 Å². The Morgan fingerprint density at radius 2 is 1.90 bits per heavy atom. The van der Waals surface area contributed by atoms with Crippen molar-refractivity contribution in [1.82, 2.24) is 9.55 Å². The lowest BCUT2D eigenvalue weighted by Gasteiger charge is -2.33. The number of benzene rings is 1. The van der Waals surface area contributed by atoms with Crippen molar-refractivity contribution in [3.63, 3.8) is 0 Å². The third-order valence-electron chi connectivity index (χ3n) is 7.70. The van der Waals surface area contributed by atoms with E-state index in [2.05, 4.69) is 19.9 Å². The number of pyridine rings is 2. The lowest BCUT2D eigenvalue weighted by atomic mass is 9.76. The zero-order chi connectivity index (χ0) is 27.7. The molecule has 1 aromatic carbocycles. The Labute approximate surface area is 228 Å². The van der Waals surface area contributed by atoms with Crippen LogP contribution in [0.5, 0.6) is 11.5 Å². The highest BCUT2D eigenvalue weighted by molar-refractivity contribution is 5.94. The summed E-state index contributed by atoms with van der Waals surface area (Å²) in [6.45, 7) is 5.54. The molecule has 0 bridgehead atoms. The highest BCUT2D eigenvalue weighted by atomic mass is 16.5. The average Bonchev–Trinajstić information content (AvgIpc) is 3.78. The third kappa shape index (κ3) is 5.17. The summed E-state index contributed by atoms with van der Waals surface area (Å²) in [5, 5.41) is 11.5. The maximum absolute atomic E-state index is 13.9. The van der Waals surface area contributed by atoms with Crippen LogP contribution >= 0.6 is 0 Å². The quantitative estimate of drug-likeness (QED) is 0.288. The largest absolute Gasteiger partial charge is 0.506 e. The molecule has 8 nitrogen and oxygen atoms in total. The van der Waals surface area contributed by atoms with Gasteiger partial charge in [0.05, 0.1) is 37.3 Å². The fraction of sp³-hybridized carbons (Fsp3) is 0.452. The monoisotopic (exact) mass is 532 g/mol. The predicted molar refractivity (Wildman–Crippen MR) is 148 cm³/mol. The second-order valence-electron chi connectivity index (χ2n) is 10.8. The number of hydrogen-bond donors (Lipinski definition) is 1. The predicted octanol–water partition coefficient (Wildman–Crippen LogP) is 5.04. The van der Waals surface area contributed by atoms with Crippen LogP contribution in [0.4, 0.5) is 0 Å². The minimum atomic E-state index is -0.846. The van der Waals surface area contributed by atoms with E-state index in [-0.39, 0.29) is 29.7 Å². The Morgan fingerprint density at radius 1 is 1.15 bits per heavy atom. The van der Waals surface area contributed by atoms with Crippen LogP contribution in [-0.4, -0.2) is 48.1 Å². The van der Waals surface area contributed by atoms with Crippen LogP contribution in [0.3, 0.4) is 0 Å². The summed E-state index contributed by atoms with van der Waals surface area (Å²) in [6, 6.07) is 11.7. The molecule has 2 aliphatic rings. The molecule has 2 aromatic heterocycles. The fourth-order valence-electron chi connectivity index (χ4n) is 5.51. The Kier molecular flexibility index (Phi) is 7.75. The van der Waals surface area contributed by atoms with E-state index in [1.165, 1.54) is 7.11 Å². The van der Waals surface area contributed by atoms with E-state index in [1.54, 1.807) is 11.7 Å². The van der Waals surface area contributed by atoms with E-state index < -0.39 is 11.5 Å². The number of aromatic hydroxyl groups is 1. The summed E-state index contributed by atoms with van der Waals surface area (Å²) in [4.78, 5) is 31.8. The number of carbonyl (C=O) groups is 1. The van der Waals surface area contributed by atoms with Gasteiger partial charge >= 0.3 is 5.97 Å². The lowest BCUT2D eigenvalue weighted by Crippen LogP contribution is -2.33. The number of nitrogens with zero attached hydrogens (tertiary/aromatic N) is 2. The summed E-state index contributed by atoms with van der Waals surface area (Å²) in [5.41, 5.74) is 3.66. The summed E-state index contributed by atoms with van der Waals surface area (Å²) in [5.74, 6) is -0.0903. The van der Waals surface area contributed by atoms with E-state index in [0.717, 1.165) is 41.8 Å². The summed E-state index contributed by atoms with van der Waals surface area (Å²) < 4.78 is 17.9. The number of aromatic nitrogens is 2.